The van der Waals surface area contributed by atoms with Crippen molar-refractivity contribution in [3.8, 4) is 0 Å². The first-order valence-corrected chi connectivity index (χ1v) is 9.96. The van der Waals surface area contributed by atoms with E-state index in [0.717, 1.165) is 43.1 Å². The van der Waals surface area contributed by atoms with E-state index < -0.39 is 0 Å². The van der Waals surface area contributed by atoms with Crippen molar-refractivity contribution in [3.05, 3.63) is 42.0 Å². The minimum Gasteiger partial charge on any atom is -0.368 e. The summed E-state index contributed by atoms with van der Waals surface area (Å²) in [5.74, 6) is 1.45. The molecule has 9 heteroatoms. The second-order valence-electron chi connectivity index (χ2n) is 7.64. The third-order valence-electron chi connectivity index (χ3n) is 5.49. The van der Waals surface area contributed by atoms with E-state index in [0.29, 0.717) is 24.1 Å². The van der Waals surface area contributed by atoms with Crippen molar-refractivity contribution in [2.75, 3.05) is 41.3 Å². The van der Waals surface area contributed by atoms with Crippen LogP contribution in [0.25, 0.3) is 5.65 Å². The van der Waals surface area contributed by atoms with E-state index in [1.165, 1.54) is 5.69 Å². The number of nitrogens with one attached hydrogen (secondary N) is 2. The number of carbonyl (C=O) groups is 1. The molecule has 150 valence electrons. The maximum Gasteiger partial charge on any atom is 0.327 e. The number of rotatable bonds is 2. The minimum atomic E-state index is -0.182. The zero-order valence-electron chi connectivity index (χ0n) is 16.6. The van der Waals surface area contributed by atoms with Crippen LogP contribution >= 0.6 is 0 Å². The van der Waals surface area contributed by atoms with E-state index in [1.807, 2.05) is 19.1 Å². The van der Waals surface area contributed by atoms with Gasteiger partial charge in [0.25, 0.3) is 0 Å². The van der Waals surface area contributed by atoms with Crippen molar-refractivity contribution in [3.63, 3.8) is 0 Å². The minimum absolute atomic E-state index is 0.182. The molecule has 0 aromatic carbocycles. The topological polar surface area (TPSA) is 90.7 Å². The predicted octanol–water partition coefficient (Wildman–Crippen LogP) is 1.83. The van der Waals surface area contributed by atoms with Crippen molar-refractivity contribution in [1.82, 2.24) is 24.9 Å². The van der Waals surface area contributed by atoms with Crippen LogP contribution in [0.4, 0.5) is 22.0 Å². The van der Waals surface area contributed by atoms with E-state index in [9.17, 15) is 4.79 Å². The number of piperazine rings is 1. The van der Waals surface area contributed by atoms with Gasteiger partial charge in [0, 0.05) is 49.7 Å². The SMILES string of the molecule is Cc1nc2ccc(NC(=O)N3CCc4c(N5CCN[C@@H](C)C5)ccnc43)cn2n1. The van der Waals surface area contributed by atoms with Crippen molar-refractivity contribution in [2.45, 2.75) is 26.3 Å². The highest BCUT2D eigenvalue weighted by molar-refractivity contribution is 6.03. The summed E-state index contributed by atoms with van der Waals surface area (Å²) in [4.78, 5) is 25.9. The van der Waals surface area contributed by atoms with E-state index in [2.05, 4.69) is 43.6 Å². The molecule has 2 amide bonds. The first-order valence-electron chi connectivity index (χ1n) is 9.96. The summed E-state index contributed by atoms with van der Waals surface area (Å²) in [7, 11) is 0. The van der Waals surface area contributed by atoms with E-state index in [1.54, 1.807) is 21.8 Å². The van der Waals surface area contributed by atoms with Crippen LogP contribution in [0.15, 0.2) is 30.6 Å². The number of carbonyl (C=O) groups excluding carboxylic acids is 1. The summed E-state index contributed by atoms with van der Waals surface area (Å²) < 4.78 is 1.67. The van der Waals surface area contributed by atoms with Gasteiger partial charge in [-0.15, -0.1) is 0 Å². The van der Waals surface area contributed by atoms with E-state index in [4.69, 9.17) is 0 Å². The first-order chi connectivity index (χ1) is 14.1. The highest BCUT2D eigenvalue weighted by Crippen LogP contribution is 2.34. The Labute approximate surface area is 168 Å². The van der Waals surface area contributed by atoms with Crippen molar-refractivity contribution in [2.24, 2.45) is 0 Å². The number of anilines is 3. The Bertz CT molecular complexity index is 1080. The van der Waals surface area contributed by atoms with E-state index in [-0.39, 0.29) is 6.03 Å². The Kier molecular flexibility index (Phi) is 4.31. The molecule has 9 nitrogen and oxygen atoms in total. The fourth-order valence-corrected chi connectivity index (χ4v) is 4.18. The number of pyridine rings is 2. The van der Waals surface area contributed by atoms with Gasteiger partial charge >= 0.3 is 6.03 Å². The molecule has 2 aliphatic heterocycles. The second kappa shape index (κ2) is 7.00. The van der Waals surface area contributed by atoms with Gasteiger partial charge in [-0.25, -0.2) is 19.3 Å². The lowest BCUT2D eigenvalue weighted by molar-refractivity contribution is 0.257. The Hall–Kier alpha value is -3.20. The third kappa shape index (κ3) is 3.27. The van der Waals surface area contributed by atoms with Crippen LogP contribution in [0.5, 0.6) is 0 Å². The number of hydrogen-bond donors (Lipinski definition) is 2. The standard InChI is InChI=1S/C20H24N8O/c1-13-11-26(10-8-21-13)17-5-7-22-19-16(17)6-9-27(19)20(29)24-15-3-4-18-23-14(2)25-28(18)12-15/h3-5,7,12-13,21H,6,8-11H2,1-2H3,(H,24,29)/t13-/m0/s1. The maximum absolute atomic E-state index is 13.0. The Morgan fingerprint density at radius 1 is 1.28 bits per heavy atom. The van der Waals surface area contributed by atoms with Gasteiger partial charge in [0.1, 0.15) is 11.6 Å². The molecule has 5 rings (SSSR count). The fraction of sp³-hybridized carbons (Fsp3) is 0.400. The molecule has 3 aromatic heterocycles. The zero-order valence-corrected chi connectivity index (χ0v) is 16.6. The van der Waals surface area contributed by atoms with Gasteiger partial charge in [-0.05, 0) is 38.5 Å². The van der Waals surface area contributed by atoms with Crippen molar-refractivity contribution >= 4 is 28.9 Å². The van der Waals surface area contributed by atoms with Crippen LogP contribution < -0.4 is 20.4 Å². The third-order valence-corrected chi connectivity index (χ3v) is 5.49. The van der Waals surface area contributed by atoms with Gasteiger partial charge < -0.3 is 15.5 Å². The largest absolute Gasteiger partial charge is 0.368 e. The molecule has 3 aromatic rings. The van der Waals surface area contributed by atoms with Crippen LogP contribution in [0.3, 0.4) is 0 Å². The Morgan fingerprint density at radius 3 is 3.03 bits per heavy atom. The van der Waals surface area contributed by atoms with Crippen LogP contribution in [0.1, 0.15) is 18.3 Å². The monoisotopic (exact) mass is 392 g/mol. The van der Waals surface area contributed by atoms with Crippen LogP contribution in [-0.4, -0.2) is 57.8 Å². The maximum atomic E-state index is 13.0. The molecule has 0 radical (unpaired) electrons. The average Bonchev–Trinajstić information content (AvgIpc) is 3.30. The lowest BCUT2D eigenvalue weighted by Crippen LogP contribution is -2.49. The smallest absolute Gasteiger partial charge is 0.327 e. The molecule has 0 bridgehead atoms. The number of fused-ring (bicyclic) bond motifs is 2. The molecule has 0 aliphatic carbocycles. The summed E-state index contributed by atoms with van der Waals surface area (Å²) in [6, 6.07) is 6.01. The highest BCUT2D eigenvalue weighted by Gasteiger charge is 2.30. The Balaban J connectivity index is 1.38. The highest BCUT2D eigenvalue weighted by atomic mass is 16.2. The number of aryl methyl sites for hydroxylation is 1. The van der Waals surface area contributed by atoms with Gasteiger partial charge in [0.15, 0.2) is 5.65 Å². The second-order valence-corrected chi connectivity index (χ2v) is 7.64. The van der Waals surface area contributed by atoms with Crippen LogP contribution in [0.2, 0.25) is 0 Å². The molecule has 29 heavy (non-hydrogen) atoms. The molecular weight excluding hydrogens is 368 g/mol. The number of nitrogens with zero attached hydrogens (tertiary/aromatic N) is 6. The molecule has 1 atom stereocenters. The fourth-order valence-electron chi connectivity index (χ4n) is 4.18. The molecule has 1 fully saturated rings. The number of hydrogen-bond acceptors (Lipinski definition) is 6. The molecule has 0 spiro atoms. The van der Waals surface area contributed by atoms with Gasteiger partial charge in [0.05, 0.1) is 11.9 Å². The lowest BCUT2D eigenvalue weighted by atomic mass is 10.1. The number of aromatic nitrogens is 4. The zero-order chi connectivity index (χ0) is 20.0. The average molecular weight is 392 g/mol. The van der Waals surface area contributed by atoms with Gasteiger partial charge in [-0.1, -0.05) is 0 Å². The van der Waals surface area contributed by atoms with Crippen LogP contribution in [-0.2, 0) is 6.42 Å². The predicted molar refractivity (Wildman–Crippen MR) is 112 cm³/mol. The molecule has 2 N–H and O–H groups in total. The van der Waals surface area contributed by atoms with Gasteiger partial charge in [-0.2, -0.15) is 5.10 Å². The van der Waals surface area contributed by atoms with Gasteiger partial charge in [-0.3, -0.25) is 4.90 Å². The lowest BCUT2D eigenvalue weighted by Gasteiger charge is -2.34. The number of amides is 2. The van der Waals surface area contributed by atoms with Crippen molar-refractivity contribution in [1.29, 1.82) is 0 Å². The van der Waals surface area contributed by atoms with Crippen molar-refractivity contribution < 1.29 is 4.79 Å². The summed E-state index contributed by atoms with van der Waals surface area (Å²) in [5.41, 5.74) is 3.77. The molecule has 0 saturated carbocycles. The molecule has 2 aliphatic rings. The normalized spacial score (nSPS) is 18.9. The Morgan fingerprint density at radius 2 is 2.17 bits per heavy atom. The number of urea groups is 1. The van der Waals surface area contributed by atoms with E-state index >= 15 is 0 Å². The summed E-state index contributed by atoms with van der Waals surface area (Å²) >= 11 is 0. The molecule has 0 unspecified atom stereocenters. The summed E-state index contributed by atoms with van der Waals surface area (Å²) in [5, 5.41) is 10.7. The van der Waals surface area contributed by atoms with Crippen LogP contribution in [0, 0.1) is 6.92 Å². The summed E-state index contributed by atoms with van der Waals surface area (Å²) in [6.45, 7) is 7.55. The molecular formula is C20H24N8O. The first kappa shape index (κ1) is 17.9. The molecule has 1 saturated heterocycles. The van der Waals surface area contributed by atoms with Gasteiger partial charge in [0.2, 0.25) is 0 Å². The quantitative estimate of drug-likeness (QED) is 0.691. The molecule has 5 heterocycles. The summed E-state index contributed by atoms with van der Waals surface area (Å²) in [6.07, 6.45) is 4.39.